The van der Waals surface area contributed by atoms with E-state index in [4.69, 9.17) is 0 Å². The average Bonchev–Trinajstić information content (AvgIpc) is 2.54. The number of hydrogen-bond acceptors (Lipinski definition) is 3. The Morgan fingerprint density at radius 2 is 2.36 bits per heavy atom. The van der Waals surface area contributed by atoms with E-state index in [-0.39, 0.29) is 11.8 Å². The van der Waals surface area contributed by atoms with Gasteiger partial charge in [0.1, 0.15) is 0 Å². The molecule has 1 aromatic heterocycles. The van der Waals surface area contributed by atoms with Gasteiger partial charge in [-0.3, -0.25) is 9.78 Å². The van der Waals surface area contributed by atoms with Gasteiger partial charge in [0.15, 0.2) is 0 Å². The fraction of sp³-hybridized carbons (Fsp3) is 0.667. The van der Waals surface area contributed by atoms with Gasteiger partial charge in [-0.05, 0) is 44.9 Å². The van der Waals surface area contributed by atoms with Crippen LogP contribution in [0.1, 0.15) is 45.2 Å². The predicted octanol–water partition coefficient (Wildman–Crippen LogP) is 2.64. The molecule has 1 aliphatic rings. The van der Waals surface area contributed by atoms with Gasteiger partial charge in [0, 0.05) is 37.4 Å². The summed E-state index contributed by atoms with van der Waals surface area (Å²) in [7, 11) is 0. The first kappa shape index (κ1) is 16.9. The number of carbonyl (C=O) groups is 1. The summed E-state index contributed by atoms with van der Waals surface area (Å²) < 4.78 is 0. The summed E-state index contributed by atoms with van der Waals surface area (Å²) in [6, 6.07) is 6.34. The molecule has 0 aromatic carbocycles. The van der Waals surface area contributed by atoms with Gasteiger partial charge in [-0.25, -0.2) is 0 Å². The van der Waals surface area contributed by atoms with Crippen molar-refractivity contribution in [3.8, 4) is 0 Å². The number of aromatic nitrogens is 1. The van der Waals surface area contributed by atoms with Crippen LogP contribution < -0.4 is 5.32 Å². The number of nitrogens with one attached hydrogen (secondary N) is 1. The van der Waals surface area contributed by atoms with Gasteiger partial charge in [0.2, 0.25) is 5.91 Å². The van der Waals surface area contributed by atoms with E-state index in [2.05, 4.69) is 35.1 Å². The average molecular weight is 303 g/mol. The molecule has 0 bridgehead atoms. The number of rotatable bonds is 7. The van der Waals surface area contributed by atoms with Crippen molar-refractivity contribution < 1.29 is 4.79 Å². The monoisotopic (exact) mass is 303 g/mol. The van der Waals surface area contributed by atoms with Crippen molar-refractivity contribution in [2.45, 2.75) is 52.0 Å². The van der Waals surface area contributed by atoms with E-state index < -0.39 is 0 Å². The minimum atomic E-state index is 0.150. The van der Waals surface area contributed by atoms with Crippen LogP contribution in [0.2, 0.25) is 0 Å². The zero-order chi connectivity index (χ0) is 15.8. The molecule has 122 valence electrons. The van der Waals surface area contributed by atoms with Crippen molar-refractivity contribution in [2.75, 3.05) is 19.6 Å². The molecule has 0 unspecified atom stereocenters. The summed E-state index contributed by atoms with van der Waals surface area (Å²) >= 11 is 0. The standard InChI is InChI=1S/C18H29N3O/c1-3-7-15(2)20-18(22)16-8-6-12-21(14-16)13-10-17-9-4-5-11-19-17/h4-5,9,11,15-16H,3,6-8,10,12-14H2,1-2H3,(H,20,22)/t15-,16-/m1/s1. The minimum Gasteiger partial charge on any atom is -0.353 e. The summed E-state index contributed by atoms with van der Waals surface area (Å²) in [5.74, 6) is 0.389. The number of nitrogens with zero attached hydrogens (tertiary/aromatic N) is 2. The third-order valence-corrected chi connectivity index (χ3v) is 4.40. The lowest BCUT2D eigenvalue weighted by molar-refractivity contribution is -0.127. The van der Waals surface area contributed by atoms with E-state index in [0.717, 1.165) is 57.4 Å². The Hall–Kier alpha value is -1.42. The van der Waals surface area contributed by atoms with Crippen LogP contribution in [-0.2, 0) is 11.2 Å². The third kappa shape index (κ3) is 5.41. The third-order valence-electron chi connectivity index (χ3n) is 4.40. The van der Waals surface area contributed by atoms with E-state index >= 15 is 0 Å². The highest BCUT2D eigenvalue weighted by molar-refractivity contribution is 5.79. The van der Waals surface area contributed by atoms with E-state index in [0.29, 0.717) is 6.04 Å². The van der Waals surface area contributed by atoms with Crippen molar-refractivity contribution in [3.05, 3.63) is 30.1 Å². The summed E-state index contributed by atoms with van der Waals surface area (Å²) in [6.45, 7) is 7.23. The fourth-order valence-corrected chi connectivity index (χ4v) is 3.16. The van der Waals surface area contributed by atoms with Crippen molar-refractivity contribution >= 4 is 5.91 Å². The number of amides is 1. The second-order valence-corrected chi connectivity index (χ2v) is 6.41. The van der Waals surface area contributed by atoms with Crippen LogP contribution >= 0.6 is 0 Å². The quantitative estimate of drug-likeness (QED) is 0.842. The highest BCUT2D eigenvalue weighted by Gasteiger charge is 2.26. The Labute approximate surface area is 134 Å². The molecular weight excluding hydrogens is 274 g/mol. The molecule has 0 spiro atoms. The molecular formula is C18H29N3O. The molecule has 1 aromatic rings. The van der Waals surface area contributed by atoms with Crippen molar-refractivity contribution in [1.29, 1.82) is 0 Å². The Bertz CT molecular complexity index is 449. The summed E-state index contributed by atoms with van der Waals surface area (Å²) in [5, 5.41) is 3.17. The second kappa shape index (κ2) is 8.89. The molecule has 1 N–H and O–H groups in total. The van der Waals surface area contributed by atoms with Crippen LogP contribution in [0.25, 0.3) is 0 Å². The van der Waals surface area contributed by atoms with Crippen molar-refractivity contribution in [2.24, 2.45) is 5.92 Å². The van der Waals surface area contributed by atoms with Crippen LogP contribution in [0.5, 0.6) is 0 Å². The van der Waals surface area contributed by atoms with Crippen molar-refractivity contribution in [1.82, 2.24) is 15.2 Å². The molecule has 0 saturated carbocycles. The fourth-order valence-electron chi connectivity index (χ4n) is 3.16. The topological polar surface area (TPSA) is 45.2 Å². The smallest absolute Gasteiger partial charge is 0.224 e. The molecule has 0 radical (unpaired) electrons. The molecule has 1 aliphatic heterocycles. The van der Waals surface area contributed by atoms with E-state index in [1.165, 1.54) is 0 Å². The summed E-state index contributed by atoms with van der Waals surface area (Å²) in [5.41, 5.74) is 1.13. The lowest BCUT2D eigenvalue weighted by atomic mass is 9.96. The lowest BCUT2D eigenvalue weighted by Crippen LogP contribution is -2.45. The maximum absolute atomic E-state index is 12.4. The van der Waals surface area contributed by atoms with Crippen LogP contribution in [0.15, 0.2) is 24.4 Å². The van der Waals surface area contributed by atoms with Gasteiger partial charge in [0.05, 0.1) is 5.92 Å². The summed E-state index contributed by atoms with van der Waals surface area (Å²) in [6.07, 6.45) is 7.11. The summed E-state index contributed by atoms with van der Waals surface area (Å²) in [4.78, 5) is 19.1. The molecule has 4 nitrogen and oxygen atoms in total. The first-order valence-electron chi connectivity index (χ1n) is 8.61. The number of piperidine rings is 1. The molecule has 1 fully saturated rings. The Kier molecular flexibility index (Phi) is 6.84. The number of carbonyl (C=O) groups excluding carboxylic acids is 1. The normalized spacial score (nSPS) is 20.5. The second-order valence-electron chi connectivity index (χ2n) is 6.41. The zero-order valence-corrected chi connectivity index (χ0v) is 13.9. The Balaban J connectivity index is 1.77. The van der Waals surface area contributed by atoms with Gasteiger partial charge in [-0.2, -0.15) is 0 Å². The largest absolute Gasteiger partial charge is 0.353 e. The molecule has 1 saturated heterocycles. The maximum Gasteiger partial charge on any atom is 0.224 e. The maximum atomic E-state index is 12.4. The Morgan fingerprint density at radius 1 is 1.50 bits per heavy atom. The zero-order valence-electron chi connectivity index (χ0n) is 13.9. The number of likely N-dealkylation sites (tertiary alicyclic amines) is 1. The lowest BCUT2D eigenvalue weighted by Gasteiger charge is -2.32. The van der Waals surface area contributed by atoms with Gasteiger partial charge in [-0.1, -0.05) is 19.4 Å². The van der Waals surface area contributed by atoms with Gasteiger partial charge in [0.25, 0.3) is 0 Å². The number of pyridine rings is 1. The van der Waals surface area contributed by atoms with Crippen LogP contribution in [0.3, 0.4) is 0 Å². The molecule has 2 atom stereocenters. The Morgan fingerprint density at radius 3 is 3.09 bits per heavy atom. The predicted molar refractivity (Wildman–Crippen MR) is 89.6 cm³/mol. The molecule has 4 heteroatoms. The van der Waals surface area contributed by atoms with Crippen LogP contribution in [-0.4, -0.2) is 41.5 Å². The molecule has 2 heterocycles. The highest BCUT2D eigenvalue weighted by Crippen LogP contribution is 2.17. The highest BCUT2D eigenvalue weighted by atomic mass is 16.2. The SMILES string of the molecule is CCC[C@@H](C)NC(=O)[C@@H]1CCCN(CCc2ccccn2)C1. The van der Waals surface area contributed by atoms with Gasteiger partial charge in [-0.15, -0.1) is 0 Å². The van der Waals surface area contributed by atoms with Gasteiger partial charge >= 0.3 is 0 Å². The molecule has 2 rings (SSSR count). The molecule has 1 amide bonds. The van der Waals surface area contributed by atoms with E-state index in [9.17, 15) is 4.79 Å². The van der Waals surface area contributed by atoms with Gasteiger partial charge < -0.3 is 10.2 Å². The van der Waals surface area contributed by atoms with Crippen LogP contribution in [0, 0.1) is 5.92 Å². The first-order chi connectivity index (χ1) is 10.7. The molecule has 22 heavy (non-hydrogen) atoms. The van der Waals surface area contributed by atoms with E-state index in [1.54, 1.807) is 0 Å². The van der Waals surface area contributed by atoms with Crippen LogP contribution in [0.4, 0.5) is 0 Å². The minimum absolute atomic E-state index is 0.150. The van der Waals surface area contributed by atoms with Crippen molar-refractivity contribution in [3.63, 3.8) is 0 Å². The number of hydrogen-bond donors (Lipinski definition) is 1. The van der Waals surface area contributed by atoms with E-state index in [1.807, 2.05) is 18.3 Å². The molecule has 0 aliphatic carbocycles. The first-order valence-corrected chi connectivity index (χ1v) is 8.61.